The van der Waals surface area contributed by atoms with Crippen LogP contribution in [-0.4, -0.2) is 18.4 Å². The Labute approximate surface area is 149 Å². The summed E-state index contributed by atoms with van der Waals surface area (Å²) in [6, 6.07) is 13.0. The van der Waals surface area contributed by atoms with Gasteiger partial charge in [-0.3, -0.25) is 9.59 Å². The first-order valence-electron chi connectivity index (χ1n) is 7.69. The maximum absolute atomic E-state index is 13.1. The van der Waals surface area contributed by atoms with Gasteiger partial charge in [-0.15, -0.1) is 0 Å². The summed E-state index contributed by atoms with van der Waals surface area (Å²) in [5.74, 6) is -1.41. The number of ketones is 1. The summed E-state index contributed by atoms with van der Waals surface area (Å²) in [6.45, 7) is 2.00. The van der Waals surface area contributed by atoms with Crippen LogP contribution in [0, 0.1) is 11.7 Å². The molecule has 2 aromatic carbocycles. The largest absolute Gasteiger partial charge is 0.466 e. The highest BCUT2D eigenvalue weighted by molar-refractivity contribution is 9.10. The van der Waals surface area contributed by atoms with Crippen molar-refractivity contribution in [1.29, 1.82) is 0 Å². The zero-order valence-corrected chi connectivity index (χ0v) is 14.9. The molecule has 0 heterocycles. The molecule has 0 aliphatic carbocycles. The molecule has 126 valence electrons. The van der Waals surface area contributed by atoms with E-state index in [0.717, 1.165) is 10.0 Å². The highest BCUT2D eigenvalue weighted by Crippen LogP contribution is 2.21. The van der Waals surface area contributed by atoms with Crippen LogP contribution in [0.15, 0.2) is 53.0 Å². The minimum Gasteiger partial charge on any atom is -0.466 e. The third-order valence-corrected chi connectivity index (χ3v) is 4.14. The molecule has 0 N–H and O–H groups in total. The molecule has 0 saturated heterocycles. The molecular formula is C19H18BrFO3. The summed E-state index contributed by atoms with van der Waals surface area (Å²) in [5.41, 5.74) is 1.34. The van der Waals surface area contributed by atoms with Crippen molar-refractivity contribution in [2.45, 2.75) is 19.8 Å². The van der Waals surface area contributed by atoms with Crippen molar-refractivity contribution in [3.05, 3.63) is 69.9 Å². The topological polar surface area (TPSA) is 43.4 Å². The van der Waals surface area contributed by atoms with Crippen molar-refractivity contribution in [1.82, 2.24) is 0 Å². The molecule has 2 aromatic rings. The fourth-order valence-corrected chi connectivity index (χ4v) is 2.70. The van der Waals surface area contributed by atoms with E-state index >= 15 is 0 Å². The second-order valence-corrected chi connectivity index (χ2v) is 6.32. The van der Waals surface area contributed by atoms with Gasteiger partial charge in [-0.05, 0) is 43.2 Å². The van der Waals surface area contributed by atoms with Crippen molar-refractivity contribution in [2.24, 2.45) is 5.92 Å². The zero-order chi connectivity index (χ0) is 17.5. The Morgan fingerprint density at radius 1 is 1.08 bits per heavy atom. The Kier molecular flexibility index (Phi) is 6.67. The second-order valence-electron chi connectivity index (χ2n) is 5.41. The first-order chi connectivity index (χ1) is 11.5. The van der Waals surface area contributed by atoms with Gasteiger partial charge in [0.25, 0.3) is 0 Å². The zero-order valence-electron chi connectivity index (χ0n) is 13.3. The molecule has 1 unspecified atom stereocenters. The first-order valence-corrected chi connectivity index (χ1v) is 8.48. The Morgan fingerprint density at radius 3 is 2.29 bits per heavy atom. The molecule has 0 amide bonds. The number of hydrogen-bond acceptors (Lipinski definition) is 3. The van der Waals surface area contributed by atoms with Crippen LogP contribution in [0.5, 0.6) is 0 Å². The molecule has 2 rings (SSSR count). The standard InChI is InChI=1S/C19H18BrFO3/c1-2-24-18(22)12-15(11-13-3-9-17(21)10-4-13)19(23)14-5-7-16(20)8-6-14/h3-10,15H,2,11-12H2,1H3. The number of carbonyl (C=O) groups excluding carboxylic acids is 2. The predicted molar refractivity (Wildman–Crippen MR) is 93.3 cm³/mol. The van der Waals surface area contributed by atoms with E-state index < -0.39 is 11.9 Å². The van der Waals surface area contributed by atoms with Gasteiger partial charge in [-0.1, -0.05) is 40.2 Å². The lowest BCUT2D eigenvalue weighted by molar-refractivity contribution is -0.143. The lowest BCUT2D eigenvalue weighted by Gasteiger charge is -2.15. The molecule has 0 radical (unpaired) electrons. The van der Waals surface area contributed by atoms with E-state index in [4.69, 9.17) is 4.74 Å². The van der Waals surface area contributed by atoms with E-state index in [-0.39, 0.29) is 24.6 Å². The maximum atomic E-state index is 13.1. The summed E-state index contributed by atoms with van der Waals surface area (Å²) in [6.07, 6.45) is 0.355. The average Bonchev–Trinajstić information content (AvgIpc) is 2.56. The minimum atomic E-state index is -0.546. The molecule has 0 aromatic heterocycles. The number of rotatable bonds is 7. The first kappa shape index (κ1) is 18.3. The van der Waals surface area contributed by atoms with Crippen LogP contribution in [0.4, 0.5) is 4.39 Å². The van der Waals surface area contributed by atoms with Crippen LogP contribution in [0.1, 0.15) is 29.3 Å². The Balaban J connectivity index is 2.20. The number of carbonyl (C=O) groups is 2. The van der Waals surface area contributed by atoms with E-state index in [0.29, 0.717) is 12.0 Å². The van der Waals surface area contributed by atoms with Gasteiger partial charge in [0.05, 0.1) is 13.0 Å². The van der Waals surface area contributed by atoms with Gasteiger partial charge in [0, 0.05) is 16.0 Å². The Morgan fingerprint density at radius 2 is 1.71 bits per heavy atom. The molecule has 0 fully saturated rings. The van der Waals surface area contributed by atoms with Crippen LogP contribution in [-0.2, 0) is 16.0 Å². The van der Waals surface area contributed by atoms with E-state index in [1.54, 1.807) is 43.3 Å². The summed E-state index contributed by atoms with van der Waals surface area (Å²) in [5, 5.41) is 0. The average molecular weight is 393 g/mol. The number of halogens is 2. The van der Waals surface area contributed by atoms with E-state index in [1.165, 1.54) is 12.1 Å². The SMILES string of the molecule is CCOC(=O)CC(Cc1ccc(F)cc1)C(=O)c1ccc(Br)cc1. The normalized spacial score (nSPS) is 11.8. The molecule has 0 bridgehead atoms. The van der Waals surface area contributed by atoms with Crippen molar-refractivity contribution in [3.63, 3.8) is 0 Å². The fourth-order valence-electron chi connectivity index (χ4n) is 2.43. The number of Topliss-reactive ketones (excluding diaryl/α,β-unsaturated/α-hetero) is 1. The van der Waals surface area contributed by atoms with Crippen LogP contribution in [0.2, 0.25) is 0 Å². The molecule has 0 aliphatic rings. The third-order valence-electron chi connectivity index (χ3n) is 3.61. The quantitative estimate of drug-likeness (QED) is 0.511. The van der Waals surface area contributed by atoms with Crippen molar-refractivity contribution < 1.29 is 18.7 Å². The highest BCUT2D eigenvalue weighted by atomic mass is 79.9. The number of ether oxygens (including phenoxy) is 1. The molecule has 5 heteroatoms. The molecular weight excluding hydrogens is 375 g/mol. The van der Waals surface area contributed by atoms with Crippen molar-refractivity contribution in [3.8, 4) is 0 Å². The summed E-state index contributed by atoms with van der Waals surface area (Å²) < 4.78 is 18.9. The summed E-state index contributed by atoms with van der Waals surface area (Å²) >= 11 is 3.33. The number of hydrogen-bond donors (Lipinski definition) is 0. The lowest BCUT2D eigenvalue weighted by Crippen LogP contribution is -2.22. The molecule has 0 saturated carbocycles. The van der Waals surface area contributed by atoms with Gasteiger partial charge >= 0.3 is 5.97 Å². The van der Waals surface area contributed by atoms with Crippen LogP contribution < -0.4 is 0 Å². The Bertz CT molecular complexity index is 696. The van der Waals surface area contributed by atoms with E-state index in [2.05, 4.69) is 15.9 Å². The van der Waals surface area contributed by atoms with Crippen molar-refractivity contribution in [2.75, 3.05) is 6.61 Å². The predicted octanol–water partition coefficient (Wildman–Crippen LogP) is 4.58. The van der Waals surface area contributed by atoms with Crippen molar-refractivity contribution >= 4 is 27.7 Å². The van der Waals surface area contributed by atoms with Crippen LogP contribution in [0.25, 0.3) is 0 Å². The molecule has 24 heavy (non-hydrogen) atoms. The Hall–Kier alpha value is -2.01. The number of esters is 1. The van der Waals surface area contributed by atoms with Crippen LogP contribution in [0.3, 0.4) is 0 Å². The van der Waals surface area contributed by atoms with Gasteiger partial charge in [0.2, 0.25) is 0 Å². The maximum Gasteiger partial charge on any atom is 0.306 e. The van der Waals surface area contributed by atoms with E-state index in [9.17, 15) is 14.0 Å². The monoisotopic (exact) mass is 392 g/mol. The van der Waals surface area contributed by atoms with Gasteiger partial charge in [0.15, 0.2) is 5.78 Å². The third kappa shape index (κ3) is 5.27. The van der Waals surface area contributed by atoms with E-state index in [1.807, 2.05) is 0 Å². The van der Waals surface area contributed by atoms with Gasteiger partial charge < -0.3 is 4.74 Å². The second kappa shape index (κ2) is 8.73. The van der Waals surface area contributed by atoms with Gasteiger partial charge in [0.1, 0.15) is 5.82 Å². The molecule has 0 spiro atoms. The fraction of sp³-hybridized carbons (Fsp3) is 0.263. The van der Waals surface area contributed by atoms with Gasteiger partial charge in [-0.25, -0.2) is 4.39 Å². The summed E-state index contributed by atoms with van der Waals surface area (Å²) in [4.78, 5) is 24.6. The smallest absolute Gasteiger partial charge is 0.306 e. The highest BCUT2D eigenvalue weighted by Gasteiger charge is 2.24. The van der Waals surface area contributed by atoms with Gasteiger partial charge in [-0.2, -0.15) is 0 Å². The molecule has 3 nitrogen and oxygen atoms in total. The molecule has 1 atom stereocenters. The minimum absolute atomic E-state index is 0.000113. The van der Waals surface area contributed by atoms with Crippen LogP contribution >= 0.6 is 15.9 Å². The number of benzene rings is 2. The molecule has 0 aliphatic heterocycles. The lowest BCUT2D eigenvalue weighted by atomic mass is 9.89. The summed E-state index contributed by atoms with van der Waals surface area (Å²) in [7, 11) is 0.